The van der Waals surface area contributed by atoms with E-state index in [2.05, 4.69) is 15.5 Å². The highest BCUT2D eigenvalue weighted by Crippen LogP contribution is 2.18. The molecule has 0 unspecified atom stereocenters. The monoisotopic (exact) mass is 227 g/mol. The summed E-state index contributed by atoms with van der Waals surface area (Å²) < 4.78 is 13.4. The van der Waals surface area contributed by atoms with Crippen LogP contribution in [-0.2, 0) is 0 Å². The molecule has 0 bridgehead atoms. The van der Waals surface area contributed by atoms with Crippen LogP contribution in [-0.4, -0.2) is 10.2 Å². The minimum atomic E-state index is -0.283. The molecule has 1 heterocycles. The Morgan fingerprint density at radius 3 is 3.00 bits per heavy atom. The van der Waals surface area contributed by atoms with Crippen LogP contribution in [0.3, 0.4) is 0 Å². The van der Waals surface area contributed by atoms with Crippen molar-refractivity contribution in [3.05, 3.63) is 34.0 Å². The highest BCUT2D eigenvalue weighted by Gasteiger charge is 1.98. The zero-order chi connectivity index (χ0) is 9.97. The van der Waals surface area contributed by atoms with E-state index in [1.807, 2.05) is 0 Å². The Balaban J connectivity index is 2.22. The third-order valence-corrected chi connectivity index (χ3v) is 2.52. The van der Waals surface area contributed by atoms with Gasteiger partial charge in [0, 0.05) is 5.69 Å². The van der Waals surface area contributed by atoms with Crippen LogP contribution in [0.2, 0.25) is 0 Å². The number of halogens is 1. The van der Waals surface area contributed by atoms with Crippen molar-refractivity contribution in [2.45, 2.75) is 0 Å². The molecular formula is C8H6FN3S2. The molecule has 0 aliphatic carbocycles. The summed E-state index contributed by atoms with van der Waals surface area (Å²) in [7, 11) is 0. The summed E-state index contributed by atoms with van der Waals surface area (Å²) in [5.41, 5.74) is 0.655. The molecular weight excluding hydrogens is 221 g/mol. The number of anilines is 2. The molecule has 1 aromatic carbocycles. The maximum atomic E-state index is 12.8. The third kappa shape index (κ3) is 2.15. The quantitative estimate of drug-likeness (QED) is 0.774. The van der Waals surface area contributed by atoms with E-state index in [1.54, 1.807) is 12.1 Å². The van der Waals surface area contributed by atoms with Crippen LogP contribution < -0.4 is 5.32 Å². The SMILES string of the molecule is Fc1cccc(Nc2n[nH]c(=S)s2)c1. The van der Waals surface area contributed by atoms with Crippen LogP contribution in [0.25, 0.3) is 0 Å². The second-order valence-corrected chi connectivity index (χ2v) is 4.22. The van der Waals surface area contributed by atoms with E-state index in [-0.39, 0.29) is 5.82 Å². The lowest BCUT2D eigenvalue weighted by molar-refractivity contribution is 0.628. The number of hydrogen-bond acceptors (Lipinski definition) is 4. The number of benzene rings is 1. The summed E-state index contributed by atoms with van der Waals surface area (Å²) >= 11 is 6.16. The van der Waals surface area contributed by atoms with E-state index >= 15 is 0 Å². The molecule has 6 heteroatoms. The molecule has 0 spiro atoms. The van der Waals surface area contributed by atoms with E-state index in [0.717, 1.165) is 0 Å². The minimum absolute atomic E-state index is 0.283. The van der Waals surface area contributed by atoms with Crippen LogP contribution in [0.4, 0.5) is 15.2 Å². The zero-order valence-electron chi connectivity index (χ0n) is 6.95. The Labute approximate surface area is 88.6 Å². The number of H-pyrrole nitrogens is 1. The van der Waals surface area contributed by atoms with Gasteiger partial charge in [-0.15, -0.1) is 5.10 Å². The second kappa shape index (κ2) is 3.85. The molecule has 0 aliphatic rings. The normalized spacial score (nSPS) is 10.1. The lowest BCUT2D eigenvalue weighted by Crippen LogP contribution is -1.89. The predicted molar refractivity (Wildman–Crippen MR) is 57.0 cm³/mol. The third-order valence-electron chi connectivity index (χ3n) is 1.51. The summed E-state index contributed by atoms with van der Waals surface area (Å²) in [4.78, 5) is 0. The molecule has 1 aromatic heterocycles. The van der Waals surface area contributed by atoms with Crippen molar-refractivity contribution >= 4 is 34.4 Å². The summed E-state index contributed by atoms with van der Waals surface area (Å²) in [6, 6.07) is 6.17. The molecule has 3 nitrogen and oxygen atoms in total. The second-order valence-electron chi connectivity index (χ2n) is 2.55. The Morgan fingerprint density at radius 1 is 1.50 bits per heavy atom. The Kier molecular flexibility index (Phi) is 2.55. The van der Waals surface area contributed by atoms with Gasteiger partial charge in [0.25, 0.3) is 0 Å². The number of nitrogens with zero attached hydrogens (tertiary/aromatic N) is 1. The first-order valence-electron chi connectivity index (χ1n) is 3.82. The summed E-state index contributed by atoms with van der Waals surface area (Å²) in [5.74, 6) is -0.283. The summed E-state index contributed by atoms with van der Waals surface area (Å²) in [6.07, 6.45) is 0. The predicted octanol–water partition coefficient (Wildman–Crippen LogP) is 3.08. The molecule has 2 N–H and O–H groups in total. The number of aromatic nitrogens is 2. The van der Waals surface area contributed by atoms with Gasteiger partial charge < -0.3 is 5.32 Å². The topological polar surface area (TPSA) is 40.7 Å². The first kappa shape index (κ1) is 9.29. The summed E-state index contributed by atoms with van der Waals surface area (Å²) in [6.45, 7) is 0. The van der Waals surface area contributed by atoms with Crippen molar-refractivity contribution in [1.82, 2.24) is 10.2 Å². The smallest absolute Gasteiger partial charge is 0.208 e. The van der Waals surface area contributed by atoms with Gasteiger partial charge in [-0.05, 0) is 30.4 Å². The lowest BCUT2D eigenvalue weighted by Gasteiger charge is -2.00. The van der Waals surface area contributed by atoms with E-state index in [1.165, 1.54) is 23.5 Å². The van der Waals surface area contributed by atoms with E-state index in [4.69, 9.17) is 12.2 Å². The maximum Gasteiger partial charge on any atom is 0.208 e. The van der Waals surface area contributed by atoms with E-state index in [9.17, 15) is 4.39 Å². The van der Waals surface area contributed by atoms with Crippen LogP contribution in [0, 0.1) is 9.77 Å². The highest BCUT2D eigenvalue weighted by atomic mass is 32.1. The fourth-order valence-corrected chi connectivity index (χ4v) is 1.78. The molecule has 2 aromatic rings. The lowest BCUT2D eigenvalue weighted by atomic mass is 10.3. The largest absolute Gasteiger partial charge is 0.330 e. The molecule has 0 saturated carbocycles. The molecule has 0 amide bonds. The highest BCUT2D eigenvalue weighted by molar-refractivity contribution is 7.73. The average molecular weight is 227 g/mol. The standard InChI is InChI=1S/C8H6FN3S2/c9-5-2-1-3-6(4-5)10-7-11-12-8(13)14-7/h1-4H,(H,10,11)(H,12,13). The summed E-state index contributed by atoms with van der Waals surface area (Å²) in [5, 5.41) is 10.1. The van der Waals surface area contributed by atoms with E-state index < -0.39 is 0 Å². The molecule has 0 saturated heterocycles. The Bertz CT molecular complexity index is 491. The van der Waals surface area contributed by atoms with Gasteiger partial charge >= 0.3 is 0 Å². The van der Waals surface area contributed by atoms with Crippen molar-refractivity contribution < 1.29 is 4.39 Å². The van der Waals surface area contributed by atoms with Gasteiger partial charge in [0.05, 0.1) is 0 Å². The van der Waals surface area contributed by atoms with Crippen molar-refractivity contribution in [3.8, 4) is 0 Å². The fraction of sp³-hybridized carbons (Fsp3) is 0. The molecule has 0 atom stereocenters. The molecule has 14 heavy (non-hydrogen) atoms. The van der Waals surface area contributed by atoms with Gasteiger partial charge in [0.15, 0.2) is 3.95 Å². The number of hydrogen-bond donors (Lipinski definition) is 2. The van der Waals surface area contributed by atoms with E-state index in [0.29, 0.717) is 14.8 Å². The van der Waals surface area contributed by atoms with Crippen LogP contribution in [0.1, 0.15) is 0 Å². The van der Waals surface area contributed by atoms with Gasteiger partial charge in [-0.2, -0.15) is 0 Å². The molecule has 0 aliphatic heterocycles. The molecule has 72 valence electrons. The average Bonchev–Trinajstić information content (AvgIpc) is 2.51. The van der Waals surface area contributed by atoms with Crippen LogP contribution >= 0.6 is 23.6 Å². The Morgan fingerprint density at radius 2 is 2.36 bits per heavy atom. The molecule has 2 rings (SSSR count). The molecule has 0 radical (unpaired) electrons. The van der Waals surface area contributed by atoms with Gasteiger partial charge in [0.2, 0.25) is 5.13 Å². The van der Waals surface area contributed by atoms with Crippen LogP contribution in [0.15, 0.2) is 24.3 Å². The number of nitrogens with one attached hydrogen (secondary N) is 2. The van der Waals surface area contributed by atoms with Crippen molar-refractivity contribution in [3.63, 3.8) is 0 Å². The van der Waals surface area contributed by atoms with Crippen molar-refractivity contribution in [1.29, 1.82) is 0 Å². The first-order valence-corrected chi connectivity index (χ1v) is 5.04. The van der Waals surface area contributed by atoms with Crippen molar-refractivity contribution in [2.24, 2.45) is 0 Å². The van der Waals surface area contributed by atoms with Crippen molar-refractivity contribution in [2.75, 3.05) is 5.32 Å². The zero-order valence-corrected chi connectivity index (χ0v) is 8.58. The van der Waals surface area contributed by atoms with Gasteiger partial charge in [-0.25, -0.2) is 4.39 Å². The van der Waals surface area contributed by atoms with Crippen LogP contribution in [0.5, 0.6) is 0 Å². The van der Waals surface area contributed by atoms with Gasteiger partial charge in [0.1, 0.15) is 5.82 Å². The molecule has 0 fully saturated rings. The first-order chi connectivity index (χ1) is 6.74. The fourth-order valence-electron chi connectivity index (χ4n) is 0.973. The number of aromatic amines is 1. The maximum absolute atomic E-state index is 12.8. The minimum Gasteiger partial charge on any atom is -0.330 e. The number of rotatable bonds is 2. The van der Waals surface area contributed by atoms with Gasteiger partial charge in [-0.3, -0.25) is 5.10 Å². The van der Waals surface area contributed by atoms with Gasteiger partial charge in [-0.1, -0.05) is 17.4 Å². The Hall–Kier alpha value is -1.27.